The molecule has 0 aliphatic rings. The molecule has 6 heteroatoms. The minimum absolute atomic E-state index is 0.172. The molecular weight excluding hydrogens is 230 g/mol. The molecule has 2 rings (SSSR count). The topological polar surface area (TPSA) is 90.4 Å². The van der Waals surface area contributed by atoms with Gasteiger partial charge in [-0.25, -0.2) is 0 Å². The lowest BCUT2D eigenvalue weighted by atomic mass is 10.3. The van der Waals surface area contributed by atoms with Crippen molar-refractivity contribution >= 4 is 21.0 Å². The number of benzene rings is 1. The van der Waals surface area contributed by atoms with E-state index in [1.807, 2.05) is 0 Å². The number of nitrogens with one attached hydrogen (secondary N) is 1. The van der Waals surface area contributed by atoms with E-state index in [0.717, 1.165) is 5.39 Å². The first-order valence-corrected chi connectivity index (χ1v) is 6.09. The SMILES string of the molecule is CCO.O=S(=O)(O)c1cc2ccccc2[nH]1. The van der Waals surface area contributed by atoms with Gasteiger partial charge in [-0.15, -0.1) is 0 Å². The zero-order chi connectivity index (χ0) is 12.2. The normalized spacial score (nSPS) is 10.9. The number of para-hydroxylation sites is 1. The molecule has 0 spiro atoms. The molecule has 0 bridgehead atoms. The second-order valence-corrected chi connectivity index (χ2v) is 4.40. The van der Waals surface area contributed by atoms with Gasteiger partial charge in [-0.3, -0.25) is 4.55 Å². The molecule has 0 amide bonds. The van der Waals surface area contributed by atoms with Crippen LogP contribution in [0.4, 0.5) is 0 Å². The largest absolute Gasteiger partial charge is 0.397 e. The lowest BCUT2D eigenvalue weighted by Crippen LogP contribution is -1.97. The van der Waals surface area contributed by atoms with Crippen molar-refractivity contribution in [3.8, 4) is 0 Å². The summed E-state index contributed by atoms with van der Waals surface area (Å²) in [5.41, 5.74) is 0.690. The lowest BCUT2D eigenvalue weighted by molar-refractivity contribution is 0.318. The van der Waals surface area contributed by atoms with E-state index < -0.39 is 10.1 Å². The zero-order valence-electron chi connectivity index (χ0n) is 8.71. The monoisotopic (exact) mass is 243 g/mol. The molecule has 0 unspecified atom stereocenters. The molecule has 0 aliphatic heterocycles. The maximum atomic E-state index is 10.7. The van der Waals surface area contributed by atoms with Gasteiger partial charge in [-0.05, 0) is 19.1 Å². The molecule has 1 aromatic heterocycles. The number of aromatic amines is 1. The average molecular weight is 243 g/mol. The molecule has 1 heterocycles. The van der Waals surface area contributed by atoms with Crippen LogP contribution in [0.25, 0.3) is 10.9 Å². The van der Waals surface area contributed by atoms with Crippen molar-refractivity contribution in [2.45, 2.75) is 11.9 Å². The Labute approximate surface area is 93.5 Å². The van der Waals surface area contributed by atoms with Gasteiger partial charge in [-0.1, -0.05) is 18.2 Å². The Bertz CT molecular complexity index is 526. The Hall–Kier alpha value is -1.37. The van der Waals surface area contributed by atoms with Crippen molar-refractivity contribution in [1.82, 2.24) is 4.98 Å². The molecule has 2 aromatic rings. The van der Waals surface area contributed by atoms with Crippen LogP contribution < -0.4 is 0 Å². The maximum Gasteiger partial charge on any atom is 0.310 e. The summed E-state index contributed by atoms with van der Waals surface area (Å²) in [5.74, 6) is 0. The number of aliphatic hydroxyl groups is 1. The van der Waals surface area contributed by atoms with Crippen LogP contribution in [0.1, 0.15) is 6.92 Å². The Balaban J connectivity index is 0.000000386. The average Bonchev–Trinajstić information content (AvgIpc) is 2.61. The van der Waals surface area contributed by atoms with Crippen molar-refractivity contribution in [3.63, 3.8) is 0 Å². The van der Waals surface area contributed by atoms with Crippen molar-refractivity contribution in [1.29, 1.82) is 0 Å². The fraction of sp³-hybridized carbons (Fsp3) is 0.200. The van der Waals surface area contributed by atoms with Crippen molar-refractivity contribution in [3.05, 3.63) is 30.3 Å². The zero-order valence-corrected chi connectivity index (χ0v) is 9.53. The Morgan fingerprint density at radius 2 is 1.88 bits per heavy atom. The predicted molar refractivity (Wildman–Crippen MR) is 60.9 cm³/mol. The molecule has 0 fully saturated rings. The number of hydrogen-bond acceptors (Lipinski definition) is 3. The van der Waals surface area contributed by atoms with E-state index in [-0.39, 0.29) is 11.6 Å². The smallest absolute Gasteiger partial charge is 0.310 e. The fourth-order valence-corrected chi connectivity index (χ4v) is 1.70. The highest BCUT2D eigenvalue weighted by Gasteiger charge is 2.11. The molecule has 5 nitrogen and oxygen atoms in total. The Morgan fingerprint density at radius 3 is 2.38 bits per heavy atom. The molecule has 16 heavy (non-hydrogen) atoms. The van der Waals surface area contributed by atoms with Crippen LogP contribution in [0.2, 0.25) is 0 Å². The third-order valence-electron chi connectivity index (χ3n) is 1.78. The first-order valence-electron chi connectivity index (χ1n) is 4.65. The summed E-state index contributed by atoms with van der Waals surface area (Å²) >= 11 is 0. The highest BCUT2D eigenvalue weighted by Crippen LogP contribution is 2.17. The minimum Gasteiger partial charge on any atom is -0.397 e. The molecule has 3 N–H and O–H groups in total. The molecule has 88 valence electrons. The van der Waals surface area contributed by atoms with Gasteiger partial charge in [0, 0.05) is 17.5 Å². The Morgan fingerprint density at radius 1 is 1.31 bits per heavy atom. The number of aromatic nitrogens is 1. The molecule has 0 aliphatic carbocycles. The van der Waals surface area contributed by atoms with Gasteiger partial charge in [0.15, 0.2) is 5.03 Å². The quantitative estimate of drug-likeness (QED) is 0.660. The van der Waals surface area contributed by atoms with E-state index in [0.29, 0.717) is 5.52 Å². The van der Waals surface area contributed by atoms with Gasteiger partial charge in [-0.2, -0.15) is 8.42 Å². The first kappa shape index (κ1) is 12.7. The summed E-state index contributed by atoms with van der Waals surface area (Å²) in [6.07, 6.45) is 0. The summed E-state index contributed by atoms with van der Waals surface area (Å²) in [6, 6.07) is 8.48. The van der Waals surface area contributed by atoms with Gasteiger partial charge in [0.05, 0.1) is 0 Å². The number of hydrogen-bond donors (Lipinski definition) is 3. The van der Waals surface area contributed by atoms with E-state index in [4.69, 9.17) is 9.66 Å². The minimum atomic E-state index is -4.12. The lowest BCUT2D eigenvalue weighted by Gasteiger charge is -1.87. The van der Waals surface area contributed by atoms with Gasteiger partial charge < -0.3 is 10.1 Å². The van der Waals surface area contributed by atoms with Gasteiger partial charge in [0.2, 0.25) is 0 Å². The highest BCUT2D eigenvalue weighted by molar-refractivity contribution is 7.85. The van der Waals surface area contributed by atoms with Gasteiger partial charge in [0.25, 0.3) is 0 Å². The highest BCUT2D eigenvalue weighted by atomic mass is 32.2. The van der Waals surface area contributed by atoms with Crippen LogP contribution in [0.15, 0.2) is 35.4 Å². The van der Waals surface area contributed by atoms with Crippen LogP contribution in [-0.4, -0.2) is 29.7 Å². The summed E-state index contributed by atoms with van der Waals surface area (Å²) < 4.78 is 30.2. The number of rotatable bonds is 1. The van der Waals surface area contributed by atoms with E-state index in [2.05, 4.69) is 4.98 Å². The molecule has 0 saturated carbocycles. The van der Waals surface area contributed by atoms with E-state index in [1.54, 1.807) is 31.2 Å². The van der Waals surface area contributed by atoms with Crippen molar-refractivity contribution < 1.29 is 18.1 Å². The molecular formula is C10H13NO4S. The van der Waals surface area contributed by atoms with Crippen LogP contribution in [0.3, 0.4) is 0 Å². The number of H-pyrrole nitrogens is 1. The first-order chi connectivity index (χ1) is 7.49. The van der Waals surface area contributed by atoms with E-state index in [1.165, 1.54) is 6.07 Å². The van der Waals surface area contributed by atoms with E-state index in [9.17, 15) is 8.42 Å². The van der Waals surface area contributed by atoms with Crippen molar-refractivity contribution in [2.24, 2.45) is 0 Å². The van der Waals surface area contributed by atoms with Gasteiger partial charge >= 0.3 is 10.1 Å². The van der Waals surface area contributed by atoms with Crippen molar-refractivity contribution in [2.75, 3.05) is 6.61 Å². The Kier molecular flexibility index (Phi) is 4.05. The van der Waals surface area contributed by atoms with Crippen LogP contribution in [0.5, 0.6) is 0 Å². The molecule has 0 saturated heterocycles. The summed E-state index contributed by atoms with van der Waals surface area (Å²) in [7, 11) is -4.12. The summed E-state index contributed by atoms with van der Waals surface area (Å²) in [4.78, 5) is 2.60. The fourth-order valence-electron chi connectivity index (χ4n) is 1.19. The van der Waals surface area contributed by atoms with Gasteiger partial charge in [0.1, 0.15) is 0 Å². The van der Waals surface area contributed by atoms with Crippen LogP contribution in [-0.2, 0) is 10.1 Å². The third-order valence-corrected chi connectivity index (χ3v) is 2.56. The molecule has 1 aromatic carbocycles. The van der Waals surface area contributed by atoms with Crippen LogP contribution in [0, 0.1) is 0 Å². The molecule has 0 atom stereocenters. The number of aliphatic hydroxyl groups excluding tert-OH is 1. The van der Waals surface area contributed by atoms with E-state index >= 15 is 0 Å². The molecule has 0 radical (unpaired) electrons. The summed E-state index contributed by atoms with van der Waals surface area (Å²) in [6.45, 7) is 1.93. The summed E-state index contributed by atoms with van der Waals surface area (Å²) in [5, 5.41) is 8.16. The van der Waals surface area contributed by atoms with Crippen LogP contribution >= 0.6 is 0 Å². The maximum absolute atomic E-state index is 10.7. The second-order valence-electron chi connectivity index (χ2n) is 3.01. The predicted octanol–water partition coefficient (Wildman–Crippen LogP) is 1.41. The standard InChI is InChI=1S/C8H7NO3S.C2H6O/c10-13(11,12)8-5-6-3-1-2-4-7(6)9-8;1-2-3/h1-5,9H,(H,10,11,12);3H,2H2,1H3. The third kappa shape index (κ3) is 3.06. The number of fused-ring (bicyclic) bond motifs is 1. The second kappa shape index (κ2) is 5.11.